The van der Waals surface area contributed by atoms with Crippen LogP contribution in [0, 0.1) is 0 Å². The summed E-state index contributed by atoms with van der Waals surface area (Å²) in [5, 5.41) is 4.38. The molecule has 0 unspecified atom stereocenters. The maximum atomic E-state index is 5.79. The standard InChI is InChI=1S/C13H15N5/c1-17-6-5-10(16-17)7-9-3-4-12-11(8-9)15-13(14)18(12)2/h3-6,8H,7H2,1-2H3,(H2,14,15). The molecule has 0 radical (unpaired) electrons. The molecule has 0 aliphatic carbocycles. The number of nitrogens with zero attached hydrogens (tertiary/aromatic N) is 4. The van der Waals surface area contributed by atoms with E-state index in [1.165, 1.54) is 5.56 Å². The Morgan fingerprint density at radius 1 is 1.22 bits per heavy atom. The van der Waals surface area contributed by atoms with Crippen LogP contribution >= 0.6 is 0 Å². The van der Waals surface area contributed by atoms with Gasteiger partial charge in [-0.2, -0.15) is 5.10 Å². The van der Waals surface area contributed by atoms with Crippen LogP contribution in [0.4, 0.5) is 5.95 Å². The van der Waals surface area contributed by atoms with Gasteiger partial charge in [-0.05, 0) is 23.8 Å². The lowest BCUT2D eigenvalue weighted by Crippen LogP contribution is -1.96. The van der Waals surface area contributed by atoms with Crippen molar-refractivity contribution in [1.29, 1.82) is 0 Å². The largest absolute Gasteiger partial charge is 0.369 e. The highest BCUT2D eigenvalue weighted by atomic mass is 15.2. The van der Waals surface area contributed by atoms with Crippen molar-refractivity contribution in [3.05, 3.63) is 41.7 Å². The van der Waals surface area contributed by atoms with E-state index in [9.17, 15) is 0 Å². The molecule has 5 nitrogen and oxygen atoms in total. The lowest BCUT2D eigenvalue weighted by molar-refractivity contribution is 0.749. The highest BCUT2D eigenvalue weighted by Gasteiger charge is 2.06. The molecule has 0 atom stereocenters. The van der Waals surface area contributed by atoms with E-state index in [1.807, 2.05) is 35.6 Å². The summed E-state index contributed by atoms with van der Waals surface area (Å²) in [5.41, 5.74) is 10.0. The molecular formula is C13H15N5. The Hall–Kier alpha value is -2.30. The molecular weight excluding hydrogens is 226 g/mol. The van der Waals surface area contributed by atoms with Crippen molar-refractivity contribution in [2.75, 3.05) is 5.73 Å². The second kappa shape index (κ2) is 3.87. The van der Waals surface area contributed by atoms with E-state index in [2.05, 4.69) is 28.3 Å². The first-order valence-electron chi connectivity index (χ1n) is 5.83. The topological polar surface area (TPSA) is 61.7 Å². The Bertz CT molecular complexity index is 707. The summed E-state index contributed by atoms with van der Waals surface area (Å²) in [5.74, 6) is 0.542. The van der Waals surface area contributed by atoms with E-state index < -0.39 is 0 Å². The van der Waals surface area contributed by atoms with Crippen LogP contribution in [0.25, 0.3) is 11.0 Å². The first-order valence-corrected chi connectivity index (χ1v) is 5.83. The third-order valence-corrected chi connectivity index (χ3v) is 3.13. The first-order chi connectivity index (χ1) is 8.63. The average molecular weight is 241 g/mol. The molecule has 2 N–H and O–H groups in total. The minimum atomic E-state index is 0.542. The van der Waals surface area contributed by atoms with Gasteiger partial charge in [-0.3, -0.25) is 4.68 Å². The van der Waals surface area contributed by atoms with Gasteiger partial charge in [0.25, 0.3) is 0 Å². The smallest absolute Gasteiger partial charge is 0.200 e. The van der Waals surface area contributed by atoms with Crippen LogP contribution in [0.15, 0.2) is 30.5 Å². The van der Waals surface area contributed by atoms with E-state index in [-0.39, 0.29) is 0 Å². The predicted octanol–water partition coefficient (Wildman–Crippen LogP) is 1.48. The normalized spacial score (nSPS) is 11.2. The monoisotopic (exact) mass is 241 g/mol. The molecule has 18 heavy (non-hydrogen) atoms. The molecule has 3 aromatic rings. The second-order valence-corrected chi connectivity index (χ2v) is 4.51. The Labute approximate surface area is 105 Å². The van der Waals surface area contributed by atoms with Gasteiger partial charge in [-0.25, -0.2) is 4.98 Å². The first kappa shape index (κ1) is 10.8. The SMILES string of the molecule is Cn1ccc(Cc2ccc3c(c2)nc(N)n3C)n1. The number of imidazole rings is 1. The Kier molecular flexibility index (Phi) is 2.33. The average Bonchev–Trinajstić information content (AvgIpc) is 2.85. The minimum Gasteiger partial charge on any atom is -0.369 e. The van der Waals surface area contributed by atoms with Crippen LogP contribution in [0.5, 0.6) is 0 Å². The van der Waals surface area contributed by atoms with Gasteiger partial charge in [-0.1, -0.05) is 6.07 Å². The summed E-state index contributed by atoms with van der Waals surface area (Å²) in [6.07, 6.45) is 2.76. The number of rotatable bonds is 2. The van der Waals surface area contributed by atoms with Gasteiger partial charge < -0.3 is 10.3 Å². The Morgan fingerprint density at radius 2 is 2.06 bits per heavy atom. The summed E-state index contributed by atoms with van der Waals surface area (Å²) < 4.78 is 3.70. The summed E-state index contributed by atoms with van der Waals surface area (Å²) in [6, 6.07) is 8.24. The zero-order chi connectivity index (χ0) is 12.7. The molecule has 1 aromatic carbocycles. The Morgan fingerprint density at radius 3 is 2.78 bits per heavy atom. The number of benzene rings is 1. The molecule has 0 amide bonds. The van der Waals surface area contributed by atoms with Crippen molar-refractivity contribution in [1.82, 2.24) is 19.3 Å². The summed E-state index contributed by atoms with van der Waals surface area (Å²) in [4.78, 5) is 4.34. The number of nitrogen functional groups attached to an aromatic ring is 1. The molecule has 2 aromatic heterocycles. The van der Waals surface area contributed by atoms with Crippen LogP contribution in [-0.2, 0) is 20.5 Å². The number of hydrogen-bond acceptors (Lipinski definition) is 3. The van der Waals surface area contributed by atoms with Crippen molar-refractivity contribution in [3.8, 4) is 0 Å². The van der Waals surface area contributed by atoms with Crippen molar-refractivity contribution in [2.24, 2.45) is 14.1 Å². The maximum absolute atomic E-state index is 5.79. The Balaban J connectivity index is 1.98. The van der Waals surface area contributed by atoms with Gasteiger partial charge in [0, 0.05) is 26.7 Å². The van der Waals surface area contributed by atoms with E-state index in [0.29, 0.717) is 5.95 Å². The minimum absolute atomic E-state index is 0.542. The molecule has 2 heterocycles. The third-order valence-electron chi connectivity index (χ3n) is 3.13. The lowest BCUT2D eigenvalue weighted by Gasteiger charge is -2.00. The van der Waals surface area contributed by atoms with Crippen molar-refractivity contribution in [3.63, 3.8) is 0 Å². The van der Waals surface area contributed by atoms with Crippen LogP contribution < -0.4 is 5.73 Å². The summed E-state index contributed by atoms with van der Waals surface area (Å²) in [7, 11) is 3.84. The van der Waals surface area contributed by atoms with Crippen LogP contribution in [0.3, 0.4) is 0 Å². The van der Waals surface area contributed by atoms with Gasteiger partial charge in [0.15, 0.2) is 0 Å². The highest BCUT2D eigenvalue weighted by Crippen LogP contribution is 2.19. The van der Waals surface area contributed by atoms with Crippen LogP contribution in [0.2, 0.25) is 0 Å². The molecule has 5 heteroatoms. The van der Waals surface area contributed by atoms with Gasteiger partial charge in [0.05, 0.1) is 16.7 Å². The number of aryl methyl sites for hydroxylation is 2. The van der Waals surface area contributed by atoms with Crippen LogP contribution in [0.1, 0.15) is 11.3 Å². The van der Waals surface area contributed by atoms with Gasteiger partial charge >= 0.3 is 0 Å². The third kappa shape index (κ3) is 1.73. The molecule has 3 rings (SSSR count). The molecule has 0 aliphatic rings. The van der Waals surface area contributed by atoms with Gasteiger partial charge in [-0.15, -0.1) is 0 Å². The van der Waals surface area contributed by atoms with E-state index in [0.717, 1.165) is 23.1 Å². The zero-order valence-electron chi connectivity index (χ0n) is 10.5. The fourth-order valence-corrected chi connectivity index (χ4v) is 2.14. The summed E-state index contributed by atoms with van der Waals surface area (Å²) in [6.45, 7) is 0. The molecule has 0 saturated heterocycles. The molecule has 0 fully saturated rings. The molecule has 92 valence electrons. The summed E-state index contributed by atoms with van der Waals surface area (Å²) >= 11 is 0. The van der Waals surface area contributed by atoms with E-state index in [4.69, 9.17) is 5.73 Å². The zero-order valence-corrected chi connectivity index (χ0v) is 10.5. The number of anilines is 1. The van der Waals surface area contributed by atoms with E-state index in [1.54, 1.807) is 0 Å². The quantitative estimate of drug-likeness (QED) is 0.739. The fourth-order valence-electron chi connectivity index (χ4n) is 2.14. The number of fused-ring (bicyclic) bond motifs is 1. The predicted molar refractivity (Wildman–Crippen MR) is 71.1 cm³/mol. The number of nitrogens with two attached hydrogens (primary N) is 1. The van der Waals surface area contributed by atoms with E-state index >= 15 is 0 Å². The number of hydrogen-bond donors (Lipinski definition) is 1. The molecule has 0 bridgehead atoms. The number of aromatic nitrogens is 4. The lowest BCUT2D eigenvalue weighted by atomic mass is 10.1. The van der Waals surface area contributed by atoms with Gasteiger partial charge in [0.2, 0.25) is 5.95 Å². The molecule has 0 aliphatic heterocycles. The van der Waals surface area contributed by atoms with Crippen molar-refractivity contribution in [2.45, 2.75) is 6.42 Å². The molecule has 0 spiro atoms. The highest BCUT2D eigenvalue weighted by molar-refractivity contribution is 5.79. The van der Waals surface area contributed by atoms with Crippen molar-refractivity contribution < 1.29 is 0 Å². The second-order valence-electron chi connectivity index (χ2n) is 4.51. The molecule has 0 saturated carbocycles. The van der Waals surface area contributed by atoms with Gasteiger partial charge in [0.1, 0.15) is 0 Å². The van der Waals surface area contributed by atoms with Crippen LogP contribution in [-0.4, -0.2) is 19.3 Å². The van der Waals surface area contributed by atoms with Crippen molar-refractivity contribution >= 4 is 17.0 Å². The fraction of sp³-hybridized carbons (Fsp3) is 0.231. The maximum Gasteiger partial charge on any atom is 0.200 e.